The molecule has 27 heavy (non-hydrogen) atoms. The number of nitrogens with zero attached hydrogens (tertiary/aromatic N) is 4. The molecule has 142 valence electrons. The van der Waals surface area contributed by atoms with Crippen LogP contribution in [0.4, 0.5) is 10.3 Å². The van der Waals surface area contributed by atoms with Crippen molar-refractivity contribution in [3.8, 4) is 0 Å². The summed E-state index contributed by atoms with van der Waals surface area (Å²) in [5.41, 5.74) is 1.04. The minimum atomic E-state index is -0.248. The van der Waals surface area contributed by atoms with Crippen LogP contribution in [0, 0.1) is 0 Å². The van der Waals surface area contributed by atoms with Crippen LogP contribution in [0.2, 0.25) is 0 Å². The van der Waals surface area contributed by atoms with E-state index in [2.05, 4.69) is 31.4 Å². The van der Waals surface area contributed by atoms with E-state index in [9.17, 15) is 9.59 Å². The molecule has 4 rings (SSSR count). The number of halogens is 1. The van der Waals surface area contributed by atoms with Gasteiger partial charge in [-0.1, -0.05) is 45.5 Å². The molecule has 0 saturated carbocycles. The third-order valence-corrected chi connectivity index (χ3v) is 6.68. The molecular weight excluding hydrogens is 430 g/mol. The molecule has 2 fully saturated rings. The lowest BCUT2D eigenvalue weighted by molar-refractivity contribution is -0.122. The van der Waals surface area contributed by atoms with Crippen molar-refractivity contribution in [2.24, 2.45) is 0 Å². The molecule has 0 spiro atoms. The minimum Gasteiger partial charge on any atom is -0.350 e. The van der Waals surface area contributed by atoms with Crippen molar-refractivity contribution < 1.29 is 9.59 Å². The zero-order valence-electron chi connectivity index (χ0n) is 14.7. The number of carbonyl (C=O) groups is 2. The van der Waals surface area contributed by atoms with Crippen LogP contribution in [0.25, 0.3) is 0 Å². The molecule has 1 N–H and O–H groups in total. The fourth-order valence-electron chi connectivity index (χ4n) is 3.49. The van der Waals surface area contributed by atoms with Crippen molar-refractivity contribution in [3.05, 3.63) is 34.3 Å². The highest BCUT2D eigenvalue weighted by Gasteiger charge is 2.34. The Morgan fingerprint density at radius 2 is 2.04 bits per heavy atom. The van der Waals surface area contributed by atoms with Crippen LogP contribution in [0.15, 0.2) is 28.7 Å². The number of carbonyl (C=O) groups excluding carboxylic acids is 2. The molecule has 2 aromatic rings. The first kappa shape index (κ1) is 18.4. The Kier molecular flexibility index (Phi) is 5.40. The normalized spacial score (nSPS) is 19.7. The molecule has 2 saturated heterocycles. The molecule has 1 aromatic heterocycles. The molecule has 7 nitrogen and oxygen atoms in total. The van der Waals surface area contributed by atoms with Gasteiger partial charge in [-0.25, -0.2) is 0 Å². The second kappa shape index (κ2) is 7.93. The molecule has 9 heteroatoms. The Morgan fingerprint density at radius 3 is 2.81 bits per heavy atom. The first-order valence-electron chi connectivity index (χ1n) is 9.05. The van der Waals surface area contributed by atoms with Crippen LogP contribution < -0.4 is 15.1 Å². The van der Waals surface area contributed by atoms with Crippen LogP contribution in [-0.4, -0.2) is 41.1 Å². The van der Waals surface area contributed by atoms with Crippen molar-refractivity contribution in [2.75, 3.05) is 22.9 Å². The molecule has 3 heterocycles. The molecule has 1 aromatic carbocycles. The van der Waals surface area contributed by atoms with Gasteiger partial charge in [-0.3, -0.25) is 14.5 Å². The third kappa shape index (κ3) is 3.84. The van der Waals surface area contributed by atoms with Crippen molar-refractivity contribution in [1.29, 1.82) is 0 Å². The van der Waals surface area contributed by atoms with Crippen molar-refractivity contribution in [2.45, 2.75) is 38.3 Å². The van der Waals surface area contributed by atoms with E-state index < -0.39 is 0 Å². The first-order chi connectivity index (χ1) is 13.1. The standard InChI is InChI=1S/C18H20BrN5O2S/c19-13-6-2-1-5-12(13)11-20-16(26)14-7-3-9-23(14)17-21-22-18(27-17)24-10-4-8-15(24)25/h1-2,5-6,14H,3-4,7-11H2,(H,20,26)/t14-/m0/s1. The molecule has 0 unspecified atom stereocenters. The highest BCUT2D eigenvalue weighted by molar-refractivity contribution is 9.10. The molecule has 0 radical (unpaired) electrons. The smallest absolute Gasteiger partial charge is 0.243 e. The third-order valence-electron chi connectivity index (χ3n) is 4.92. The van der Waals surface area contributed by atoms with Gasteiger partial charge in [0, 0.05) is 30.5 Å². The number of aromatic nitrogens is 2. The average molecular weight is 450 g/mol. The van der Waals surface area contributed by atoms with E-state index in [4.69, 9.17) is 0 Å². The first-order valence-corrected chi connectivity index (χ1v) is 10.7. The van der Waals surface area contributed by atoms with Gasteiger partial charge >= 0.3 is 0 Å². The van der Waals surface area contributed by atoms with Crippen LogP contribution in [0.5, 0.6) is 0 Å². The van der Waals surface area contributed by atoms with Crippen LogP contribution in [0.3, 0.4) is 0 Å². The van der Waals surface area contributed by atoms with Gasteiger partial charge in [0.25, 0.3) is 0 Å². The number of nitrogens with one attached hydrogen (secondary N) is 1. The highest BCUT2D eigenvalue weighted by atomic mass is 79.9. The zero-order valence-corrected chi connectivity index (χ0v) is 17.1. The fraction of sp³-hybridized carbons (Fsp3) is 0.444. The van der Waals surface area contributed by atoms with Gasteiger partial charge in [-0.2, -0.15) is 0 Å². The second-order valence-corrected chi connectivity index (χ2v) is 8.47. The van der Waals surface area contributed by atoms with Crippen molar-refractivity contribution in [3.63, 3.8) is 0 Å². The summed E-state index contributed by atoms with van der Waals surface area (Å²) >= 11 is 4.90. The predicted octanol–water partition coefficient (Wildman–Crippen LogP) is 2.71. The number of rotatable bonds is 5. The maximum absolute atomic E-state index is 12.8. The van der Waals surface area contributed by atoms with Gasteiger partial charge < -0.3 is 10.2 Å². The van der Waals surface area contributed by atoms with E-state index in [1.807, 2.05) is 29.2 Å². The number of hydrogen-bond acceptors (Lipinski definition) is 6. The Labute approximate surface area is 169 Å². The predicted molar refractivity (Wildman–Crippen MR) is 108 cm³/mol. The van der Waals surface area contributed by atoms with Gasteiger partial charge in [0.15, 0.2) is 0 Å². The Bertz CT molecular complexity index is 858. The lowest BCUT2D eigenvalue weighted by Crippen LogP contribution is -2.43. The van der Waals surface area contributed by atoms with E-state index in [1.54, 1.807) is 4.90 Å². The van der Waals surface area contributed by atoms with Gasteiger partial charge in [-0.05, 0) is 30.9 Å². The summed E-state index contributed by atoms with van der Waals surface area (Å²) in [6.45, 7) is 1.95. The summed E-state index contributed by atoms with van der Waals surface area (Å²) in [4.78, 5) is 28.4. The highest BCUT2D eigenvalue weighted by Crippen LogP contribution is 2.33. The van der Waals surface area contributed by atoms with Gasteiger partial charge in [-0.15, -0.1) is 10.2 Å². The van der Waals surface area contributed by atoms with Gasteiger partial charge in [0.05, 0.1) is 0 Å². The largest absolute Gasteiger partial charge is 0.350 e. The second-order valence-electron chi connectivity index (χ2n) is 6.68. The van der Waals surface area contributed by atoms with Gasteiger partial charge in [0.1, 0.15) is 6.04 Å². The maximum Gasteiger partial charge on any atom is 0.243 e. The lowest BCUT2D eigenvalue weighted by Gasteiger charge is -2.22. The Morgan fingerprint density at radius 1 is 1.22 bits per heavy atom. The van der Waals surface area contributed by atoms with Crippen LogP contribution in [0.1, 0.15) is 31.2 Å². The van der Waals surface area contributed by atoms with E-state index in [0.29, 0.717) is 29.8 Å². The summed E-state index contributed by atoms with van der Waals surface area (Å²) in [6, 6.07) is 7.61. The molecule has 2 amide bonds. The number of benzene rings is 1. The van der Waals surface area contributed by atoms with E-state index in [1.165, 1.54) is 11.3 Å². The van der Waals surface area contributed by atoms with Crippen LogP contribution >= 0.6 is 27.3 Å². The SMILES string of the molecule is O=C(NCc1ccccc1Br)[C@@H]1CCCN1c1nnc(N2CCCC2=O)s1. The molecule has 2 aliphatic rings. The summed E-state index contributed by atoms with van der Waals surface area (Å²) in [5, 5.41) is 12.8. The number of amides is 2. The summed E-state index contributed by atoms with van der Waals surface area (Å²) in [7, 11) is 0. The Balaban J connectivity index is 1.43. The van der Waals surface area contributed by atoms with Crippen LogP contribution in [-0.2, 0) is 16.1 Å². The van der Waals surface area contributed by atoms with E-state index in [0.717, 1.165) is 35.8 Å². The minimum absolute atomic E-state index is 0.00254. The maximum atomic E-state index is 12.8. The van der Waals surface area contributed by atoms with Gasteiger partial charge in [0.2, 0.25) is 22.1 Å². The summed E-state index contributed by atoms with van der Waals surface area (Å²) in [5.74, 6) is 0.0964. The molecular formula is C18H20BrN5O2S. The summed E-state index contributed by atoms with van der Waals surface area (Å²) < 4.78 is 0.984. The Hall–Kier alpha value is -2.00. The lowest BCUT2D eigenvalue weighted by atomic mass is 10.2. The zero-order chi connectivity index (χ0) is 18.8. The quantitative estimate of drug-likeness (QED) is 0.758. The van der Waals surface area contributed by atoms with Crippen molar-refractivity contribution >= 4 is 49.3 Å². The summed E-state index contributed by atoms with van der Waals surface area (Å²) in [6.07, 6.45) is 3.15. The topological polar surface area (TPSA) is 78.4 Å². The van der Waals surface area contributed by atoms with E-state index >= 15 is 0 Å². The van der Waals surface area contributed by atoms with E-state index in [-0.39, 0.29) is 17.9 Å². The monoisotopic (exact) mass is 449 g/mol. The molecule has 1 atom stereocenters. The molecule has 0 bridgehead atoms. The number of anilines is 2. The molecule has 0 aliphatic carbocycles. The fourth-order valence-corrected chi connectivity index (χ4v) is 4.88. The average Bonchev–Trinajstić information content (AvgIpc) is 3.40. The van der Waals surface area contributed by atoms with Crippen molar-refractivity contribution in [1.82, 2.24) is 15.5 Å². The molecule has 2 aliphatic heterocycles. The number of hydrogen-bond donors (Lipinski definition) is 1.